The van der Waals surface area contributed by atoms with Crippen molar-refractivity contribution in [3.8, 4) is 0 Å². The quantitative estimate of drug-likeness (QED) is 0.700. The van der Waals surface area contributed by atoms with Crippen molar-refractivity contribution in [2.75, 3.05) is 0 Å². The summed E-state index contributed by atoms with van der Waals surface area (Å²) in [6.45, 7) is 3.05. The number of carboxylic acid groups (broad SMARTS) is 1. The summed E-state index contributed by atoms with van der Waals surface area (Å²) in [5.74, 6) is -2.07. The molecule has 1 unspecified atom stereocenters. The Kier molecular flexibility index (Phi) is 4.14. The van der Waals surface area contributed by atoms with Gasteiger partial charge in [-0.25, -0.2) is 14.2 Å². The van der Waals surface area contributed by atoms with E-state index in [1.54, 1.807) is 13.0 Å². The number of aryl methyl sites for hydroxylation is 1. The van der Waals surface area contributed by atoms with Crippen LogP contribution in [0.25, 0.3) is 11.1 Å². The Morgan fingerprint density at radius 3 is 2.57 bits per heavy atom. The Labute approximate surface area is 159 Å². The van der Waals surface area contributed by atoms with Gasteiger partial charge >= 0.3 is 5.97 Å². The van der Waals surface area contributed by atoms with Crippen LogP contribution in [0.4, 0.5) is 4.39 Å². The Morgan fingerprint density at radius 1 is 1.29 bits per heavy atom. The minimum atomic E-state index is -1.74. The van der Waals surface area contributed by atoms with Gasteiger partial charge in [0.15, 0.2) is 5.54 Å². The van der Waals surface area contributed by atoms with Crippen molar-refractivity contribution in [1.29, 1.82) is 0 Å². The highest BCUT2D eigenvalue weighted by Crippen LogP contribution is 2.40. The molecule has 1 aromatic carbocycles. The maximum Gasteiger partial charge on any atom is 0.333 e. The van der Waals surface area contributed by atoms with Gasteiger partial charge in [0.1, 0.15) is 5.82 Å². The molecule has 2 aromatic heterocycles. The predicted molar refractivity (Wildman–Crippen MR) is 97.4 cm³/mol. The van der Waals surface area contributed by atoms with Crippen molar-refractivity contribution in [2.45, 2.75) is 38.1 Å². The van der Waals surface area contributed by atoms with Crippen LogP contribution in [0.1, 0.15) is 53.0 Å². The average Bonchev–Trinajstić information content (AvgIpc) is 3.45. The Bertz CT molecular complexity index is 1090. The molecule has 0 aliphatic heterocycles. The standard InChI is InChI=1S/C20H18FN3O4/c1-10-16-14(9-15(11-3-4-11)22-18(16)28-24-10)17(25)23-20(2,19(26)27)12-5-7-13(21)8-6-12/h5-9,11H,3-4H2,1-2H3,(H,23,25)(H,26,27). The summed E-state index contributed by atoms with van der Waals surface area (Å²) in [7, 11) is 0. The van der Waals surface area contributed by atoms with Crippen LogP contribution in [0.5, 0.6) is 0 Å². The first-order valence-corrected chi connectivity index (χ1v) is 8.88. The van der Waals surface area contributed by atoms with E-state index in [4.69, 9.17) is 4.52 Å². The maximum atomic E-state index is 13.3. The molecular weight excluding hydrogens is 365 g/mol. The summed E-state index contributed by atoms with van der Waals surface area (Å²) in [6.07, 6.45) is 1.96. The van der Waals surface area contributed by atoms with Gasteiger partial charge in [-0.15, -0.1) is 0 Å². The van der Waals surface area contributed by atoms with Gasteiger partial charge in [-0.05, 0) is 50.5 Å². The number of amides is 1. The number of aliphatic carboxylic acids is 1. The number of fused-ring (bicyclic) bond motifs is 1. The molecule has 0 saturated heterocycles. The van der Waals surface area contributed by atoms with Crippen LogP contribution in [0.3, 0.4) is 0 Å². The van der Waals surface area contributed by atoms with Crippen LogP contribution in [0.15, 0.2) is 34.9 Å². The second-order valence-corrected chi connectivity index (χ2v) is 7.21. The Hall–Kier alpha value is -3.29. The number of pyridine rings is 1. The number of rotatable bonds is 5. The number of hydrogen-bond acceptors (Lipinski definition) is 5. The predicted octanol–water partition coefficient (Wildman–Crippen LogP) is 3.28. The number of carbonyl (C=O) groups excluding carboxylic acids is 1. The van der Waals surface area contributed by atoms with Gasteiger partial charge in [-0.3, -0.25) is 4.79 Å². The van der Waals surface area contributed by atoms with Gasteiger partial charge < -0.3 is 14.9 Å². The highest BCUT2D eigenvalue weighted by molar-refractivity contribution is 6.07. The molecular formula is C20H18FN3O4. The molecule has 2 heterocycles. The van der Waals surface area contributed by atoms with Crippen molar-refractivity contribution < 1.29 is 23.6 Å². The average molecular weight is 383 g/mol. The second kappa shape index (κ2) is 6.40. The van der Waals surface area contributed by atoms with E-state index in [0.717, 1.165) is 30.7 Å². The number of hydrogen-bond donors (Lipinski definition) is 2. The molecule has 1 saturated carbocycles. The topological polar surface area (TPSA) is 105 Å². The molecule has 4 rings (SSSR count). The summed E-state index contributed by atoms with van der Waals surface area (Å²) in [5.41, 5.74) is 0.252. The lowest BCUT2D eigenvalue weighted by molar-refractivity contribution is -0.144. The lowest BCUT2D eigenvalue weighted by Crippen LogP contribution is -2.49. The molecule has 1 fully saturated rings. The molecule has 0 spiro atoms. The van der Waals surface area contributed by atoms with E-state index in [9.17, 15) is 19.1 Å². The van der Waals surface area contributed by atoms with Gasteiger partial charge in [-0.1, -0.05) is 17.3 Å². The number of carboxylic acids is 1. The highest BCUT2D eigenvalue weighted by atomic mass is 19.1. The van der Waals surface area contributed by atoms with E-state index in [1.807, 2.05) is 0 Å². The molecule has 1 amide bonds. The number of nitrogens with one attached hydrogen (secondary N) is 1. The zero-order chi connectivity index (χ0) is 20.1. The molecule has 144 valence electrons. The fraction of sp³-hybridized carbons (Fsp3) is 0.300. The fourth-order valence-electron chi connectivity index (χ4n) is 3.21. The number of carbonyl (C=O) groups is 2. The normalized spacial score (nSPS) is 16.0. The van der Waals surface area contributed by atoms with Crippen molar-refractivity contribution in [1.82, 2.24) is 15.5 Å². The lowest BCUT2D eigenvalue weighted by atomic mass is 9.91. The third-order valence-electron chi connectivity index (χ3n) is 5.09. The molecule has 3 aromatic rings. The first kappa shape index (κ1) is 18.1. The zero-order valence-corrected chi connectivity index (χ0v) is 15.3. The van der Waals surface area contributed by atoms with E-state index >= 15 is 0 Å². The maximum absolute atomic E-state index is 13.3. The van der Waals surface area contributed by atoms with Crippen LogP contribution in [-0.4, -0.2) is 27.1 Å². The summed E-state index contributed by atoms with van der Waals surface area (Å²) in [5, 5.41) is 16.7. The van der Waals surface area contributed by atoms with Gasteiger partial charge in [0.05, 0.1) is 16.6 Å². The molecule has 8 heteroatoms. The minimum absolute atomic E-state index is 0.254. The zero-order valence-electron chi connectivity index (χ0n) is 15.3. The van der Waals surface area contributed by atoms with Gasteiger partial charge in [0, 0.05) is 11.6 Å². The summed E-state index contributed by atoms with van der Waals surface area (Å²) in [4.78, 5) is 29.5. The number of aromatic nitrogens is 2. The van der Waals surface area contributed by atoms with Gasteiger partial charge in [-0.2, -0.15) is 0 Å². The van der Waals surface area contributed by atoms with Crippen LogP contribution < -0.4 is 5.32 Å². The van der Waals surface area contributed by atoms with E-state index in [1.165, 1.54) is 19.1 Å². The highest BCUT2D eigenvalue weighted by Gasteiger charge is 2.38. The van der Waals surface area contributed by atoms with Crippen molar-refractivity contribution in [2.24, 2.45) is 0 Å². The first-order valence-electron chi connectivity index (χ1n) is 8.88. The van der Waals surface area contributed by atoms with E-state index in [-0.39, 0.29) is 22.8 Å². The molecule has 7 nitrogen and oxygen atoms in total. The Morgan fingerprint density at radius 2 is 1.96 bits per heavy atom. The van der Waals surface area contributed by atoms with Crippen molar-refractivity contribution in [3.05, 3.63) is 58.7 Å². The molecule has 0 bridgehead atoms. The molecule has 1 atom stereocenters. The van der Waals surface area contributed by atoms with E-state index in [2.05, 4.69) is 15.5 Å². The summed E-state index contributed by atoms with van der Waals surface area (Å²) in [6, 6.07) is 6.66. The molecule has 1 aliphatic rings. The molecule has 2 N–H and O–H groups in total. The van der Waals surface area contributed by atoms with E-state index in [0.29, 0.717) is 11.1 Å². The third kappa shape index (κ3) is 3.00. The largest absolute Gasteiger partial charge is 0.479 e. The van der Waals surface area contributed by atoms with Crippen LogP contribution in [0.2, 0.25) is 0 Å². The first-order chi connectivity index (χ1) is 13.3. The van der Waals surface area contributed by atoms with Crippen LogP contribution in [0, 0.1) is 12.7 Å². The molecule has 28 heavy (non-hydrogen) atoms. The number of benzene rings is 1. The minimum Gasteiger partial charge on any atom is -0.479 e. The summed E-state index contributed by atoms with van der Waals surface area (Å²) >= 11 is 0. The van der Waals surface area contributed by atoms with Crippen LogP contribution >= 0.6 is 0 Å². The number of halogens is 1. The molecule has 0 radical (unpaired) electrons. The van der Waals surface area contributed by atoms with Gasteiger partial charge in [0.25, 0.3) is 11.6 Å². The smallest absolute Gasteiger partial charge is 0.333 e. The SMILES string of the molecule is Cc1noc2nc(C3CC3)cc(C(=O)NC(C)(C(=O)O)c3ccc(F)cc3)c12. The monoisotopic (exact) mass is 383 g/mol. The third-order valence-corrected chi connectivity index (χ3v) is 5.09. The fourth-order valence-corrected chi connectivity index (χ4v) is 3.21. The lowest BCUT2D eigenvalue weighted by Gasteiger charge is -2.27. The van der Waals surface area contributed by atoms with Crippen molar-refractivity contribution in [3.63, 3.8) is 0 Å². The van der Waals surface area contributed by atoms with Crippen LogP contribution in [-0.2, 0) is 10.3 Å². The summed E-state index contributed by atoms with van der Waals surface area (Å²) < 4.78 is 18.5. The van der Waals surface area contributed by atoms with Crippen molar-refractivity contribution >= 4 is 23.0 Å². The van der Waals surface area contributed by atoms with E-state index < -0.39 is 23.2 Å². The second-order valence-electron chi connectivity index (χ2n) is 7.21. The Balaban J connectivity index is 1.77. The number of nitrogens with zero attached hydrogens (tertiary/aromatic N) is 2. The molecule has 1 aliphatic carbocycles. The van der Waals surface area contributed by atoms with Gasteiger partial charge in [0.2, 0.25) is 0 Å².